The van der Waals surface area contributed by atoms with Crippen molar-refractivity contribution in [2.45, 2.75) is 40.7 Å². The van der Waals surface area contributed by atoms with E-state index in [0.29, 0.717) is 5.56 Å². The minimum absolute atomic E-state index is 0.160. The monoisotopic (exact) mass is 471 g/mol. The summed E-state index contributed by atoms with van der Waals surface area (Å²) in [4.78, 5) is 37.6. The fourth-order valence-corrected chi connectivity index (χ4v) is 3.82. The van der Waals surface area contributed by atoms with Gasteiger partial charge in [0.25, 0.3) is 0 Å². The summed E-state index contributed by atoms with van der Waals surface area (Å²) in [6, 6.07) is -0.631. The van der Waals surface area contributed by atoms with Gasteiger partial charge < -0.3 is 14.8 Å². The number of anilines is 1. The summed E-state index contributed by atoms with van der Waals surface area (Å²) >= 11 is 4.36. The second-order valence-corrected chi connectivity index (χ2v) is 7.78. The summed E-state index contributed by atoms with van der Waals surface area (Å²) in [6.45, 7) is 8.89. The van der Waals surface area contributed by atoms with Crippen LogP contribution in [0.25, 0.3) is 0 Å². The molecule has 0 saturated heterocycles. The van der Waals surface area contributed by atoms with Gasteiger partial charge in [0.1, 0.15) is 15.9 Å². The molecule has 0 saturated carbocycles. The smallest absolute Gasteiger partial charge is 0.348 e. The van der Waals surface area contributed by atoms with Crippen molar-refractivity contribution in [1.29, 1.82) is 0 Å². The molecule has 0 spiro atoms. The zero-order valence-electron chi connectivity index (χ0n) is 16.3. The molecule has 0 aliphatic rings. The third kappa shape index (κ3) is 4.61. The minimum atomic E-state index is -0.631. The molecular weight excluding hydrogens is 450 g/mol. The Kier molecular flexibility index (Phi) is 7.36. The van der Waals surface area contributed by atoms with E-state index in [-0.39, 0.29) is 34.6 Å². The Morgan fingerprint density at radius 2 is 1.82 bits per heavy atom. The maximum absolute atomic E-state index is 12.7. The number of carbonyl (C=O) groups excluding carboxylic acids is 3. The van der Waals surface area contributed by atoms with Crippen molar-refractivity contribution in [3.8, 4) is 0 Å². The SMILES string of the molecule is CCOC(=O)c1sc(NC(=O)C(C)n2cc(Br)c(C)n2)c(C(=O)OCC)c1C. The van der Waals surface area contributed by atoms with Crippen LogP contribution in [0.15, 0.2) is 10.7 Å². The maximum atomic E-state index is 12.7. The van der Waals surface area contributed by atoms with Gasteiger partial charge in [-0.3, -0.25) is 9.48 Å². The zero-order valence-corrected chi connectivity index (χ0v) is 18.7. The Morgan fingerprint density at radius 1 is 1.21 bits per heavy atom. The normalized spacial score (nSPS) is 11.8. The summed E-state index contributed by atoms with van der Waals surface area (Å²) in [7, 11) is 0. The van der Waals surface area contributed by atoms with Crippen LogP contribution in [0, 0.1) is 13.8 Å². The lowest BCUT2D eigenvalue weighted by Crippen LogP contribution is -2.24. The molecule has 2 rings (SSSR count). The summed E-state index contributed by atoms with van der Waals surface area (Å²) in [5.41, 5.74) is 1.33. The predicted molar refractivity (Wildman–Crippen MR) is 109 cm³/mol. The standard InChI is InChI=1S/C18H22BrN3O5S/c1-6-26-17(24)13-9(3)14(18(25)27-7-2)28-16(13)20-15(23)11(5)22-8-12(19)10(4)21-22/h8,11H,6-7H2,1-5H3,(H,20,23). The van der Waals surface area contributed by atoms with Gasteiger partial charge in [0, 0.05) is 6.20 Å². The van der Waals surface area contributed by atoms with Crippen LogP contribution in [0.4, 0.5) is 5.00 Å². The van der Waals surface area contributed by atoms with Crippen molar-refractivity contribution >= 4 is 50.1 Å². The number of nitrogens with one attached hydrogen (secondary N) is 1. The number of aryl methyl sites for hydroxylation is 1. The van der Waals surface area contributed by atoms with Crippen LogP contribution in [-0.2, 0) is 14.3 Å². The molecular formula is C18H22BrN3O5S. The molecule has 1 atom stereocenters. The van der Waals surface area contributed by atoms with Crippen molar-refractivity contribution in [3.63, 3.8) is 0 Å². The largest absolute Gasteiger partial charge is 0.462 e. The number of hydrogen-bond acceptors (Lipinski definition) is 7. The average molecular weight is 472 g/mol. The summed E-state index contributed by atoms with van der Waals surface area (Å²) in [5, 5.41) is 7.26. The lowest BCUT2D eigenvalue weighted by molar-refractivity contribution is -0.119. The highest BCUT2D eigenvalue weighted by Crippen LogP contribution is 2.35. The van der Waals surface area contributed by atoms with Crippen LogP contribution in [-0.4, -0.2) is 40.8 Å². The van der Waals surface area contributed by atoms with Crippen molar-refractivity contribution in [2.75, 3.05) is 18.5 Å². The molecule has 0 radical (unpaired) electrons. The zero-order chi connectivity index (χ0) is 21.0. The maximum Gasteiger partial charge on any atom is 0.348 e. The van der Waals surface area contributed by atoms with Gasteiger partial charge in [-0.2, -0.15) is 5.10 Å². The molecule has 10 heteroatoms. The van der Waals surface area contributed by atoms with Crippen molar-refractivity contribution in [2.24, 2.45) is 0 Å². The van der Waals surface area contributed by atoms with Gasteiger partial charge in [0.05, 0.1) is 28.9 Å². The van der Waals surface area contributed by atoms with Crippen LogP contribution in [0.1, 0.15) is 58.1 Å². The molecule has 2 heterocycles. The lowest BCUT2D eigenvalue weighted by Gasteiger charge is -2.13. The van der Waals surface area contributed by atoms with Crippen LogP contribution >= 0.6 is 27.3 Å². The van der Waals surface area contributed by atoms with Gasteiger partial charge in [0.15, 0.2) is 0 Å². The summed E-state index contributed by atoms with van der Waals surface area (Å²) in [5.74, 6) is -1.53. The topological polar surface area (TPSA) is 99.5 Å². The molecule has 8 nitrogen and oxygen atoms in total. The Labute approximate surface area is 175 Å². The first-order valence-corrected chi connectivity index (χ1v) is 10.3. The third-order valence-corrected chi connectivity index (χ3v) is 5.92. The van der Waals surface area contributed by atoms with E-state index >= 15 is 0 Å². The van der Waals surface area contributed by atoms with E-state index in [1.54, 1.807) is 33.9 Å². The summed E-state index contributed by atoms with van der Waals surface area (Å²) in [6.07, 6.45) is 1.70. The van der Waals surface area contributed by atoms with E-state index in [9.17, 15) is 14.4 Å². The van der Waals surface area contributed by atoms with Crippen LogP contribution in [0.5, 0.6) is 0 Å². The first kappa shape index (κ1) is 22.1. The Morgan fingerprint density at radius 3 is 2.36 bits per heavy atom. The molecule has 1 unspecified atom stereocenters. The fraction of sp³-hybridized carbons (Fsp3) is 0.444. The lowest BCUT2D eigenvalue weighted by atomic mass is 10.1. The number of esters is 2. The molecule has 2 aromatic heterocycles. The molecule has 2 aromatic rings. The number of aromatic nitrogens is 2. The molecule has 0 aromatic carbocycles. The average Bonchev–Trinajstić information content (AvgIpc) is 3.14. The number of carbonyl (C=O) groups is 3. The van der Waals surface area contributed by atoms with Crippen molar-refractivity contribution in [1.82, 2.24) is 9.78 Å². The summed E-state index contributed by atoms with van der Waals surface area (Å²) < 4.78 is 12.4. The van der Waals surface area contributed by atoms with Gasteiger partial charge in [-0.1, -0.05) is 0 Å². The first-order valence-electron chi connectivity index (χ1n) is 8.70. The molecule has 0 aliphatic carbocycles. The van der Waals surface area contributed by atoms with Crippen molar-refractivity contribution in [3.05, 3.63) is 32.4 Å². The van der Waals surface area contributed by atoms with Gasteiger partial charge in [-0.05, 0) is 56.1 Å². The molecule has 152 valence electrons. The fourth-order valence-electron chi connectivity index (χ4n) is 2.44. The number of amides is 1. The molecule has 28 heavy (non-hydrogen) atoms. The highest BCUT2D eigenvalue weighted by atomic mass is 79.9. The van der Waals surface area contributed by atoms with Crippen molar-refractivity contribution < 1.29 is 23.9 Å². The van der Waals surface area contributed by atoms with E-state index < -0.39 is 18.0 Å². The molecule has 0 bridgehead atoms. The Balaban J connectivity index is 2.36. The van der Waals surface area contributed by atoms with Gasteiger partial charge in [-0.15, -0.1) is 11.3 Å². The highest BCUT2D eigenvalue weighted by molar-refractivity contribution is 9.10. The van der Waals surface area contributed by atoms with E-state index in [0.717, 1.165) is 21.5 Å². The van der Waals surface area contributed by atoms with Crippen LogP contribution in [0.3, 0.4) is 0 Å². The molecule has 1 amide bonds. The molecule has 1 N–H and O–H groups in total. The second-order valence-electron chi connectivity index (χ2n) is 5.91. The van der Waals surface area contributed by atoms with E-state index in [2.05, 4.69) is 26.3 Å². The van der Waals surface area contributed by atoms with Crippen LogP contribution in [0.2, 0.25) is 0 Å². The first-order chi connectivity index (χ1) is 13.2. The highest BCUT2D eigenvalue weighted by Gasteiger charge is 2.28. The number of halogens is 1. The molecule has 0 fully saturated rings. The number of ether oxygens (including phenoxy) is 2. The van der Waals surface area contributed by atoms with E-state index in [1.165, 1.54) is 4.68 Å². The molecule has 0 aliphatic heterocycles. The minimum Gasteiger partial charge on any atom is -0.462 e. The second kappa shape index (κ2) is 9.33. The van der Waals surface area contributed by atoms with Gasteiger partial charge in [-0.25, -0.2) is 9.59 Å². The third-order valence-electron chi connectivity index (χ3n) is 3.96. The quantitative estimate of drug-likeness (QED) is 0.615. The predicted octanol–water partition coefficient (Wildman–Crippen LogP) is 3.88. The number of nitrogens with zero attached hydrogens (tertiary/aromatic N) is 2. The number of rotatable bonds is 7. The Hall–Kier alpha value is -2.20. The van der Waals surface area contributed by atoms with Gasteiger partial charge >= 0.3 is 11.9 Å². The Bertz CT molecular complexity index is 886. The number of thiophene rings is 1. The van der Waals surface area contributed by atoms with Crippen LogP contribution < -0.4 is 5.32 Å². The van der Waals surface area contributed by atoms with E-state index in [4.69, 9.17) is 9.47 Å². The van der Waals surface area contributed by atoms with E-state index in [1.807, 2.05) is 6.92 Å². The van der Waals surface area contributed by atoms with Gasteiger partial charge in [0.2, 0.25) is 5.91 Å². The number of hydrogen-bond donors (Lipinski definition) is 1.